The van der Waals surface area contributed by atoms with Gasteiger partial charge in [0.1, 0.15) is 6.61 Å². The number of anilines is 1. The van der Waals surface area contributed by atoms with E-state index in [1.807, 2.05) is 73.7 Å². The number of rotatable bonds is 6. The Hall–Kier alpha value is -3.80. The van der Waals surface area contributed by atoms with Gasteiger partial charge in [0.05, 0.1) is 7.11 Å². The summed E-state index contributed by atoms with van der Waals surface area (Å²) in [5, 5.41) is 4.12. The zero-order valence-corrected chi connectivity index (χ0v) is 16.3. The van der Waals surface area contributed by atoms with Crippen LogP contribution in [0.15, 0.2) is 71.3 Å². The summed E-state index contributed by atoms with van der Waals surface area (Å²) in [6.45, 7) is 2.33. The van der Waals surface area contributed by atoms with Gasteiger partial charge in [-0.25, -0.2) is 0 Å². The summed E-state index contributed by atoms with van der Waals surface area (Å²) < 4.78 is 16.7. The molecule has 4 rings (SSSR count). The van der Waals surface area contributed by atoms with E-state index in [2.05, 4.69) is 10.1 Å². The number of nitrogens with two attached hydrogens (primary N) is 1. The van der Waals surface area contributed by atoms with Crippen molar-refractivity contribution in [1.29, 1.82) is 0 Å². The SMILES string of the molecule is COc1ccccc1OCc1cccc(-c2nc(-c3cccc(N)c3C)no2)c1. The van der Waals surface area contributed by atoms with Crippen molar-refractivity contribution in [3.63, 3.8) is 0 Å². The monoisotopic (exact) mass is 387 g/mol. The van der Waals surface area contributed by atoms with Crippen LogP contribution in [-0.2, 0) is 6.61 Å². The fourth-order valence-corrected chi connectivity index (χ4v) is 3.04. The first-order valence-corrected chi connectivity index (χ1v) is 9.20. The number of aromatic nitrogens is 2. The lowest BCUT2D eigenvalue weighted by Gasteiger charge is -2.10. The third-order valence-electron chi connectivity index (χ3n) is 4.68. The Balaban J connectivity index is 1.55. The van der Waals surface area contributed by atoms with Crippen molar-refractivity contribution in [1.82, 2.24) is 10.1 Å². The summed E-state index contributed by atoms with van der Waals surface area (Å²) >= 11 is 0. The molecular weight excluding hydrogens is 366 g/mol. The first-order chi connectivity index (χ1) is 14.2. The molecule has 1 heterocycles. The predicted octanol–water partition coefficient (Wildman–Crippen LogP) is 4.88. The third-order valence-corrected chi connectivity index (χ3v) is 4.68. The Bertz CT molecular complexity index is 1140. The fraction of sp³-hybridized carbons (Fsp3) is 0.130. The lowest BCUT2D eigenvalue weighted by Crippen LogP contribution is -1.97. The summed E-state index contributed by atoms with van der Waals surface area (Å²) in [4.78, 5) is 4.55. The van der Waals surface area contributed by atoms with Gasteiger partial charge in [-0.2, -0.15) is 4.98 Å². The van der Waals surface area contributed by atoms with Gasteiger partial charge in [-0.1, -0.05) is 41.6 Å². The van der Waals surface area contributed by atoms with E-state index in [1.165, 1.54) is 0 Å². The Morgan fingerprint density at radius 1 is 0.966 bits per heavy atom. The van der Waals surface area contributed by atoms with Crippen molar-refractivity contribution in [2.75, 3.05) is 12.8 Å². The van der Waals surface area contributed by atoms with E-state index in [-0.39, 0.29) is 0 Å². The van der Waals surface area contributed by atoms with E-state index in [0.717, 1.165) is 22.3 Å². The Morgan fingerprint density at radius 3 is 2.59 bits per heavy atom. The molecule has 0 unspecified atom stereocenters. The molecule has 4 aromatic rings. The number of nitrogens with zero attached hydrogens (tertiary/aromatic N) is 2. The van der Waals surface area contributed by atoms with Gasteiger partial charge in [-0.3, -0.25) is 0 Å². The van der Waals surface area contributed by atoms with Gasteiger partial charge in [0, 0.05) is 16.8 Å². The molecule has 0 aliphatic heterocycles. The first-order valence-electron chi connectivity index (χ1n) is 9.20. The van der Waals surface area contributed by atoms with Crippen molar-refractivity contribution >= 4 is 5.69 Å². The van der Waals surface area contributed by atoms with Gasteiger partial charge >= 0.3 is 0 Å². The number of benzene rings is 3. The normalized spacial score (nSPS) is 10.7. The maximum Gasteiger partial charge on any atom is 0.258 e. The molecular formula is C23H21N3O3. The van der Waals surface area contributed by atoms with Crippen molar-refractivity contribution < 1.29 is 14.0 Å². The second-order valence-electron chi connectivity index (χ2n) is 6.58. The highest BCUT2D eigenvalue weighted by atomic mass is 16.5. The van der Waals surface area contributed by atoms with Gasteiger partial charge in [0.15, 0.2) is 11.5 Å². The molecule has 0 spiro atoms. The minimum absolute atomic E-state index is 0.392. The third kappa shape index (κ3) is 3.91. The first kappa shape index (κ1) is 18.6. The highest BCUT2D eigenvalue weighted by Gasteiger charge is 2.14. The van der Waals surface area contributed by atoms with Gasteiger partial charge < -0.3 is 19.7 Å². The van der Waals surface area contributed by atoms with Crippen LogP contribution in [0.25, 0.3) is 22.8 Å². The van der Waals surface area contributed by atoms with Gasteiger partial charge in [-0.15, -0.1) is 0 Å². The van der Waals surface area contributed by atoms with Gasteiger partial charge in [0.25, 0.3) is 5.89 Å². The zero-order chi connectivity index (χ0) is 20.2. The van der Waals surface area contributed by atoms with Crippen LogP contribution in [0.3, 0.4) is 0 Å². The molecule has 0 radical (unpaired) electrons. The highest BCUT2D eigenvalue weighted by molar-refractivity contribution is 5.69. The average molecular weight is 387 g/mol. The topological polar surface area (TPSA) is 83.4 Å². The predicted molar refractivity (Wildman–Crippen MR) is 112 cm³/mol. The van der Waals surface area contributed by atoms with E-state index in [9.17, 15) is 0 Å². The van der Waals surface area contributed by atoms with Crippen molar-refractivity contribution in [2.24, 2.45) is 0 Å². The number of ether oxygens (including phenoxy) is 2. The summed E-state index contributed by atoms with van der Waals surface area (Å²) in [6, 6.07) is 21.0. The molecule has 29 heavy (non-hydrogen) atoms. The number of para-hydroxylation sites is 2. The maximum atomic E-state index is 5.99. The summed E-state index contributed by atoms with van der Waals surface area (Å²) in [6.07, 6.45) is 0. The molecule has 146 valence electrons. The van der Waals surface area contributed by atoms with Crippen LogP contribution < -0.4 is 15.2 Å². The summed E-state index contributed by atoms with van der Waals surface area (Å²) in [5.41, 5.74) is 10.3. The molecule has 0 fully saturated rings. The van der Waals surface area contributed by atoms with E-state index in [4.69, 9.17) is 19.7 Å². The summed E-state index contributed by atoms with van der Waals surface area (Å²) in [5.74, 6) is 2.35. The van der Waals surface area contributed by atoms with Crippen LogP contribution in [0.5, 0.6) is 11.5 Å². The van der Waals surface area contributed by atoms with Crippen LogP contribution in [-0.4, -0.2) is 17.3 Å². The molecule has 6 heteroatoms. The lowest BCUT2D eigenvalue weighted by atomic mass is 10.1. The molecule has 0 amide bonds. The quantitative estimate of drug-likeness (QED) is 0.475. The summed E-state index contributed by atoms with van der Waals surface area (Å²) in [7, 11) is 1.62. The Kier molecular flexibility index (Phi) is 5.16. The van der Waals surface area contributed by atoms with Gasteiger partial charge in [-0.05, 0) is 48.4 Å². The molecule has 0 aliphatic rings. The smallest absolute Gasteiger partial charge is 0.258 e. The fourth-order valence-electron chi connectivity index (χ4n) is 3.04. The number of nitrogen functional groups attached to an aromatic ring is 1. The maximum absolute atomic E-state index is 5.99. The van der Waals surface area contributed by atoms with Gasteiger partial charge in [0.2, 0.25) is 5.82 Å². The standard InChI is InChI=1S/C23H21N3O3/c1-15-18(9-6-10-19(15)24)22-25-23(29-26-22)17-8-5-7-16(13-17)14-28-21-12-4-3-11-20(21)27-2/h3-13H,14,24H2,1-2H3. The second kappa shape index (κ2) is 8.06. The van der Waals surface area contributed by atoms with Crippen molar-refractivity contribution in [3.8, 4) is 34.3 Å². The molecule has 0 saturated carbocycles. The van der Waals surface area contributed by atoms with Crippen LogP contribution in [0, 0.1) is 6.92 Å². The van der Waals surface area contributed by atoms with Crippen LogP contribution in [0.4, 0.5) is 5.69 Å². The minimum atomic E-state index is 0.392. The average Bonchev–Trinajstić information content (AvgIpc) is 3.25. The lowest BCUT2D eigenvalue weighted by molar-refractivity contribution is 0.284. The molecule has 2 N–H and O–H groups in total. The largest absolute Gasteiger partial charge is 0.493 e. The minimum Gasteiger partial charge on any atom is -0.493 e. The van der Waals surface area contributed by atoms with E-state index < -0.39 is 0 Å². The number of hydrogen-bond acceptors (Lipinski definition) is 6. The molecule has 0 aliphatic carbocycles. The molecule has 0 saturated heterocycles. The molecule has 0 bridgehead atoms. The van der Waals surface area contributed by atoms with Crippen molar-refractivity contribution in [2.45, 2.75) is 13.5 Å². The zero-order valence-electron chi connectivity index (χ0n) is 16.3. The Labute approximate surface area is 168 Å². The molecule has 6 nitrogen and oxygen atoms in total. The van der Waals surface area contributed by atoms with Crippen LogP contribution in [0.2, 0.25) is 0 Å². The Morgan fingerprint density at radius 2 is 1.76 bits per heavy atom. The molecule has 1 aromatic heterocycles. The molecule has 0 atom stereocenters. The van der Waals surface area contributed by atoms with Crippen LogP contribution >= 0.6 is 0 Å². The van der Waals surface area contributed by atoms with E-state index >= 15 is 0 Å². The van der Waals surface area contributed by atoms with E-state index in [0.29, 0.717) is 35.5 Å². The number of methoxy groups -OCH3 is 1. The highest BCUT2D eigenvalue weighted by Crippen LogP contribution is 2.29. The number of hydrogen-bond donors (Lipinski definition) is 1. The molecule has 3 aromatic carbocycles. The second-order valence-corrected chi connectivity index (χ2v) is 6.58. The van der Waals surface area contributed by atoms with Crippen LogP contribution in [0.1, 0.15) is 11.1 Å². The van der Waals surface area contributed by atoms with Crippen molar-refractivity contribution in [3.05, 3.63) is 77.9 Å². The van der Waals surface area contributed by atoms with E-state index in [1.54, 1.807) is 7.11 Å².